The van der Waals surface area contributed by atoms with Gasteiger partial charge in [0.05, 0.1) is 17.2 Å². The van der Waals surface area contributed by atoms with Crippen molar-refractivity contribution >= 4 is 17.3 Å². The van der Waals surface area contributed by atoms with E-state index in [2.05, 4.69) is 57.9 Å². The first-order chi connectivity index (χ1) is 12.6. The van der Waals surface area contributed by atoms with E-state index >= 15 is 0 Å². The van der Waals surface area contributed by atoms with Crippen molar-refractivity contribution in [2.75, 3.05) is 26.8 Å². The molecule has 1 aliphatic rings. The molecule has 0 unspecified atom stereocenters. The maximum Gasteiger partial charge on any atom is 0.191 e. The summed E-state index contributed by atoms with van der Waals surface area (Å²) >= 11 is 1.74. The number of benzene rings is 1. The third-order valence-electron chi connectivity index (χ3n) is 5.07. The summed E-state index contributed by atoms with van der Waals surface area (Å²) in [4.78, 5) is 10.1. The Labute approximate surface area is 159 Å². The van der Waals surface area contributed by atoms with Crippen LogP contribution in [0, 0.1) is 13.8 Å². The van der Waals surface area contributed by atoms with Crippen molar-refractivity contribution in [3.63, 3.8) is 0 Å². The maximum atomic E-state index is 5.62. The summed E-state index contributed by atoms with van der Waals surface area (Å²) in [6.45, 7) is 7.31. The number of aryl methyl sites for hydroxylation is 2. The molecule has 1 fully saturated rings. The van der Waals surface area contributed by atoms with Crippen molar-refractivity contribution in [3.8, 4) is 0 Å². The van der Waals surface area contributed by atoms with Crippen molar-refractivity contribution in [3.05, 3.63) is 51.5 Å². The lowest BCUT2D eigenvalue weighted by atomic mass is 9.74. The first kappa shape index (κ1) is 18.9. The van der Waals surface area contributed by atoms with Crippen molar-refractivity contribution < 1.29 is 4.74 Å². The molecule has 1 aromatic heterocycles. The lowest BCUT2D eigenvalue weighted by Crippen LogP contribution is -2.47. The molecule has 6 heteroatoms. The van der Waals surface area contributed by atoms with E-state index < -0.39 is 0 Å². The highest BCUT2D eigenvalue weighted by atomic mass is 32.1. The molecule has 0 radical (unpaired) electrons. The van der Waals surface area contributed by atoms with Crippen molar-refractivity contribution in [1.29, 1.82) is 0 Å². The minimum absolute atomic E-state index is 0.0914. The second kappa shape index (κ2) is 8.64. The predicted octanol–water partition coefficient (Wildman–Crippen LogP) is 3.17. The summed E-state index contributed by atoms with van der Waals surface area (Å²) < 4.78 is 5.62. The lowest BCUT2D eigenvalue weighted by molar-refractivity contribution is 0.0514. The molecule has 2 heterocycles. The molecule has 1 aliphatic heterocycles. The van der Waals surface area contributed by atoms with Crippen LogP contribution in [-0.2, 0) is 16.7 Å². The molecular weight excluding hydrogens is 344 g/mol. The predicted molar refractivity (Wildman–Crippen MR) is 108 cm³/mol. The van der Waals surface area contributed by atoms with Gasteiger partial charge in [0.2, 0.25) is 0 Å². The average molecular weight is 373 g/mol. The number of hydrogen-bond acceptors (Lipinski definition) is 4. The molecule has 0 amide bonds. The zero-order chi connectivity index (χ0) is 18.4. The molecule has 0 spiro atoms. The zero-order valence-corrected chi connectivity index (χ0v) is 16.7. The van der Waals surface area contributed by atoms with E-state index in [1.54, 1.807) is 11.3 Å². The Hall–Kier alpha value is -1.92. The zero-order valence-electron chi connectivity index (χ0n) is 15.8. The van der Waals surface area contributed by atoms with Crippen LogP contribution in [-0.4, -0.2) is 37.7 Å². The summed E-state index contributed by atoms with van der Waals surface area (Å²) in [5.41, 5.74) is 2.56. The second-order valence-electron chi connectivity index (χ2n) is 6.78. The molecule has 1 aromatic carbocycles. The van der Waals surface area contributed by atoms with Crippen molar-refractivity contribution in [2.45, 2.75) is 38.6 Å². The standard InChI is InChI=1S/C20H28N4OS/c1-15-18(26-16(2)24-15)13-22-19(21-3)23-14-20(9-11-25-12-10-20)17-7-5-4-6-8-17/h4-8H,9-14H2,1-3H3,(H2,21,22,23). The highest BCUT2D eigenvalue weighted by Crippen LogP contribution is 2.34. The molecule has 5 nitrogen and oxygen atoms in total. The fraction of sp³-hybridized carbons (Fsp3) is 0.500. The van der Waals surface area contributed by atoms with Gasteiger partial charge in [-0.05, 0) is 32.3 Å². The fourth-order valence-electron chi connectivity index (χ4n) is 3.50. The molecule has 26 heavy (non-hydrogen) atoms. The van der Waals surface area contributed by atoms with Crippen LogP contribution in [0.5, 0.6) is 0 Å². The quantitative estimate of drug-likeness (QED) is 0.625. The molecule has 0 bridgehead atoms. The first-order valence-corrected chi connectivity index (χ1v) is 9.95. The highest BCUT2D eigenvalue weighted by molar-refractivity contribution is 7.11. The maximum absolute atomic E-state index is 5.62. The van der Waals surface area contributed by atoms with E-state index in [1.165, 1.54) is 10.4 Å². The Morgan fingerprint density at radius 3 is 2.54 bits per heavy atom. The van der Waals surface area contributed by atoms with Gasteiger partial charge in [0.25, 0.3) is 0 Å². The van der Waals surface area contributed by atoms with Gasteiger partial charge < -0.3 is 15.4 Å². The number of thiazole rings is 1. The van der Waals surface area contributed by atoms with Gasteiger partial charge in [-0.25, -0.2) is 4.98 Å². The average Bonchev–Trinajstić information content (AvgIpc) is 3.00. The van der Waals surface area contributed by atoms with Gasteiger partial charge in [0.15, 0.2) is 5.96 Å². The van der Waals surface area contributed by atoms with Crippen LogP contribution < -0.4 is 10.6 Å². The third-order valence-corrected chi connectivity index (χ3v) is 6.14. The van der Waals surface area contributed by atoms with Gasteiger partial charge >= 0.3 is 0 Å². The van der Waals surface area contributed by atoms with Gasteiger partial charge in [-0.3, -0.25) is 4.99 Å². The van der Waals surface area contributed by atoms with Crippen LogP contribution >= 0.6 is 11.3 Å². The fourth-order valence-corrected chi connectivity index (χ4v) is 4.37. The number of rotatable bonds is 5. The second-order valence-corrected chi connectivity index (χ2v) is 8.07. The summed E-state index contributed by atoms with van der Waals surface area (Å²) in [7, 11) is 1.82. The molecule has 3 rings (SSSR count). The van der Waals surface area contributed by atoms with Gasteiger partial charge in [0, 0.05) is 37.1 Å². The van der Waals surface area contributed by atoms with Crippen LogP contribution in [0.25, 0.3) is 0 Å². The first-order valence-electron chi connectivity index (χ1n) is 9.14. The Balaban J connectivity index is 1.64. The number of aromatic nitrogens is 1. The summed E-state index contributed by atoms with van der Waals surface area (Å²) in [5.74, 6) is 0.831. The van der Waals surface area contributed by atoms with E-state index in [0.717, 1.165) is 55.8 Å². The normalized spacial score (nSPS) is 17.1. The smallest absolute Gasteiger partial charge is 0.191 e. The number of aliphatic imine (C=N–C) groups is 1. The van der Waals surface area contributed by atoms with Gasteiger partial charge in [0.1, 0.15) is 0 Å². The third kappa shape index (κ3) is 4.43. The summed E-state index contributed by atoms with van der Waals surface area (Å²) in [6.07, 6.45) is 2.04. The minimum atomic E-state index is 0.0914. The SMILES string of the molecule is CN=C(NCc1sc(C)nc1C)NCC1(c2ccccc2)CCOCC1. The van der Waals surface area contributed by atoms with Crippen LogP contribution in [0.1, 0.15) is 34.0 Å². The van der Waals surface area contributed by atoms with Crippen LogP contribution in [0.15, 0.2) is 35.3 Å². The topological polar surface area (TPSA) is 58.5 Å². The van der Waals surface area contributed by atoms with Gasteiger partial charge in [-0.15, -0.1) is 11.3 Å². The molecule has 2 N–H and O–H groups in total. The Kier molecular flexibility index (Phi) is 6.27. The van der Waals surface area contributed by atoms with Crippen LogP contribution in [0.3, 0.4) is 0 Å². The van der Waals surface area contributed by atoms with E-state index in [-0.39, 0.29) is 5.41 Å². The lowest BCUT2D eigenvalue weighted by Gasteiger charge is -2.38. The molecule has 0 saturated carbocycles. The monoisotopic (exact) mass is 372 g/mol. The van der Waals surface area contributed by atoms with E-state index in [4.69, 9.17) is 4.74 Å². The highest BCUT2D eigenvalue weighted by Gasteiger charge is 2.34. The van der Waals surface area contributed by atoms with Crippen LogP contribution in [0.2, 0.25) is 0 Å². The number of nitrogens with one attached hydrogen (secondary N) is 2. The minimum Gasteiger partial charge on any atom is -0.381 e. The molecule has 0 aliphatic carbocycles. The van der Waals surface area contributed by atoms with E-state index in [1.807, 2.05) is 14.0 Å². The molecule has 1 saturated heterocycles. The molecule has 0 atom stereocenters. The van der Waals surface area contributed by atoms with Gasteiger partial charge in [-0.1, -0.05) is 30.3 Å². The van der Waals surface area contributed by atoms with Crippen molar-refractivity contribution in [1.82, 2.24) is 15.6 Å². The van der Waals surface area contributed by atoms with Crippen molar-refractivity contribution in [2.24, 2.45) is 4.99 Å². The summed E-state index contributed by atoms with van der Waals surface area (Å²) in [6, 6.07) is 10.8. The Morgan fingerprint density at radius 1 is 1.19 bits per heavy atom. The molecule has 2 aromatic rings. The number of guanidine groups is 1. The van der Waals surface area contributed by atoms with E-state index in [9.17, 15) is 0 Å². The Bertz CT molecular complexity index is 736. The van der Waals surface area contributed by atoms with Gasteiger partial charge in [-0.2, -0.15) is 0 Å². The summed E-state index contributed by atoms with van der Waals surface area (Å²) in [5, 5.41) is 8.07. The molecule has 140 valence electrons. The van der Waals surface area contributed by atoms with E-state index in [0.29, 0.717) is 0 Å². The van der Waals surface area contributed by atoms with Crippen LogP contribution in [0.4, 0.5) is 0 Å². The molecular formula is C20H28N4OS. The Morgan fingerprint density at radius 2 is 1.92 bits per heavy atom. The number of hydrogen-bond donors (Lipinski definition) is 2. The number of nitrogens with zero attached hydrogens (tertiary/aromatic N) is 2. The number of ether oxygens (including phenoxy) is 1. The largest absolute Gasteiger partial charge is 0.381 e.